The Morgan fingerprint density at radius 2 is 2.35 bits per heavy atom. The maximum absolute atomic E-state index is 12.0. The summed E-state index contributed by atoms with van der Waals surface area (Å²) in [5.41, 5.74) is 0.691. The van der Waals surface area contributed by atoms with E-state index in [1.807, 2.05) is 18.2 Å². The van der Waals surface area contributed by atoms with E-state index in [1.54, 1.807) is 7.11 Å². The van der Waals surface area contributed by atoms with Gasteiger partial charge in [-0.3, -0.25) is 4.79 Å². The van der Waals surface area contributed by atoms with Crippen LogP contribution in [-0.4, -0.2) is 25.7 Å². The van der Waals surface area contributed by atoms with Crippen LogP contribution in [0.3, 0.4) is 0 Å². The number of ether oxygens (including phenoxy) is 2. The minimum atomic E-state index is -0.00410. The van der Waals surface area contributed by atoms with Crippen LogP contribution in [0.25, 0.3) is 0 Å². The van der Waals surface area contributed by atoms with Gasteiger partial charge in [0.05, 0.1) is 18.9 Å². The molecule has 110 valence electrons. The number of halogens is 1. The van der Waals surface area contributed by atoms with E-state index in [-0.39, 0.29) is 12.0 Å². The third kappa shape index (κ3) is 4.49. The molecule has 4 nitrogen and oxygen atoms in total. The topological polar surface area (TPSA) is 47.6 Å². The van der Waals surface area contributed by atoms with E-state index in [4.69, 9.17) is 9.47 Å². The van der Waals surface area contributed by atoms with E-state index in [0.29, 0.717) is 17.9 Å². The van der Waals surface area contributed by atoms with Crippen molar-refractivity contribution in [2.45, 2.75) is 38.2 Å². The lowest BCUT2D eigenvalue weighted by atomic mass is 10.0. The van der Waals surface area contributed by atoms with Crippen LogP contribution in [0, 0.1) is 0 Å². The molecule has 0 bridgehead atoms. The second-order valence-electron chi connectivity index (χ2n) is 4.92. The number of nitrogens with one attached hydrogen (secondary N) is 1. The Labute approximate surface area is 128 Å². The van der Waals surface area contributed by atoms with E-state index in [2.05, 4.69) is 21.2 Å². The summed E-state index contributed by atoms with van der Waals surface area (Å²) < 4.78 is 11.8. The zero-order valence-electron chi connectivity index (χ0n) is 11.7. The lowest BCUT2D eigenvalue weighted by molar-refractivity contribution is -0.117. The van der Waals surface area contributed by atoms with Gasteiger partial charge in [0.25, 0.3) is 0 Å². The van der Waals surface area contributed by atoms with Crippen molar-refractivity contribution in [2.75, 3.05) is 19.0 Å². The average Bonchev–Trinajstić information content (AvgIpc) is 2.46. The van der Waals surface area contributed by atoms with Crippen LogP contribution in [-0.2, 0) is 9.53 Å². The van der Waals surface area contributed by atoms with Crippen molar-refractivity contribution in [1.29, 1.82) is 0 Å². The van der Waals surface area contributed by atoms with Crippen molar-refractivity contribution >= 4 is 27.5 Å². The highest BCUT2D eigenvalue weighted by molar-refractivity contribution is 9.10. The first-order valence-electron chi connectivity index (χ1n) is 6.94. The fourth-order valence-corrected chi connectivity index (χ4v) is 2.68. The molecule has 0 aromatic heterocycles. The molecule has 0 radical (unpaired) electrons. The molecular formula is C15H20BrNO3. The number of carbonyl (C=O) groups excluding carboxylic acids is 1. The summed E-state index contributed by atoms with van der Waals surface area (Å²) >= 11 is 3.39. The Morgan fingerprint density at radius 3 is 3.05 bits per heavy atom. The Bertz CT molecular complexity index is 458. The monoisotopic (exact) mass is 341 g/mol. The normalized spacial score (nSPS) is 18.6. The molecule has 1 unspecified atom stereocenters. The summed E-state index contributed by atoms with van der Waals surface area (Å²) in [6.45, 7) is 0.825. The molecule has 1 N–H and O–H groups in total. The van der Waals surface area contributed by atoms with Crippen LogP contribution in [0.4, 0.5) is 5.69 Å². The number of methoxy groups -OCH3 is 1. The quantitative estimate of drug-likeness (QED) is 0.887. The average molecular weight is 342 g/mol. The SMILES string of the molecule is COc1ccc(Br)cc1NC(=O)CCC1CCCCO1. The molecule has 0 aliphatic carbocycles. The van der Waals surface area contributed by atoms with Gasteiger partial charge in [0.1, 0.15) is 5.75 Å². The third-order valence-electron chi connectivity index (χ3n) is 3.40. The van der Waals surface area contributed by atoms with Crippen molar-refractivity contribution in [3.8, 4) is 5.75 Å². The predicted molar refractivity (Wildman–Crippen MR) is 82.1 cm³/mol. The van der Waals surface area contributed by atoms with Crippen molar-refractivity contribution in [3.05, 3.63) is 22.7 Å². The van der Waals surface area contributed by atoms with Crippen molar-refractivity contribution in [2.24, 2.45) is 0 Å². The van der Waals surface area contributed by atoms with Gasteiger partial charge in [-0.1, -0.05) is 15.9 Å². The van der Waals surface area contributed by atoms with Gasteiger partial charge in [-0.2, -0.15) is 0 Å². The zero-order valence-corrected chi connectivity index (χ0v) is 13.2. The van der Waals surface area contributed by atoms with Crippen molar-refractivity contribution < 1.29 is 14.3 Å². The molecule has 5 heteroatoms. The number of hydrogen-bond acceptors (Lipinski definition) is 3. The Kier molecular flexibility index (Phi) is 5.86. The maximum Gasteiger partial charge on any atom is 0.224 e. The van der Waals surface area contributed by atoms with Gasteiger partial charge in [-0.25, -0.2) is 0 Å². The molecule has 1 aliphatic rings. The second kappa shape index (κ2) is 7.64. The van der Waals surface area contributed by atoms with Crippen molar-refractivity contribution in [3.63, 3.8) is 0 Å². The van der Waals surface area contributed by atoms with Gasteiger partial charge >= 0.3 is 0 Å². The Balaban J connectivity index is 1.86. The molecule has 1 fully saturated rings. The third-order valence-corrected chi connectivity index (χ3v) is 3.90. The number of carbonyl (C=O) groups is 1. The van der Waals surface area contributed by atoms with Crippen LogP contribution < -0.4 is 10.1 Å². The van der Waals surface area contributed by atoms with E-state index >= 15 is 0 Å². The summed E-state index contributed by atoms with van der Waals surface area (Å²) in [4.78, 5) is 12.0. The number of benzene rings is 1. The molecule has 1 aliphatic heterocycles. The van der Waals surface area contributed by atoms with Crippen molar-refractivity contribution in [1.82, 2.24) is 0 Å². The minimum Gasteiger partial charge on any atom is -0.495 e. The first kappa shape index (κ1) is 15.3. The maximum atomic E-state index is 12.0. The number of rotatable bonds is 5. The highest BCUT2D eigenvalue weighted by Crippen LogP contribution is 2.28. The molecule has 0 saturated carbocycles. The lowest BCUT2D eigenvalue weighted by Crippen LogP contribution is -2.21. The van der Waals surface area contributed by atoms with Crippen LogP contribution in [0.15, 0.2) is 22.7 Å². The fraction of sp³-hybridized carbons (Fsp3) is 0.533. The summed E-state index contributed by atoms with van der Waals surface area (Å²) in [6.07, 6.45) is 4.89. The summed E-state index contributed by atoms with van der Waals surface area (Å²) in [5.74, 6) is 0.658. The smallest absolute Gasteiger partial charge is 0.224 e. The highest BCUT2D eigenvalue weighted by Gasteiger charge is 2.16. The largest absolute Gasteiger partial charge is 0.495 e. The summed E-state index contributed by atoms with van der Waals surface area (Å²) in [6, 6.07) is 5.54. The Morgan fingerprint density at radius 1 is 1.50 bits per heavy atom. The summed E-state index contributed by atoms with van der Waals surface area (Å²) in [5, 5.41) is 2.89. The molecule has 1 heterocycles. The molecule has 1 aromatic rings. The van der Waals surface area contributed by atoms with Gasteiger partial charge in [-0.15, -0.1) is 0 Å². The molecule has 1 atom stereocenters. The number of amides is 1. The van der Waals surface area contributed by atoms with Gasteiger partial charge in [0.2, 0.25) is 5.91 Å². The highest BCUT2D eigenvalue weighted by atomic mass is 79.9. The first-order valence-corrected chi connectivity index (χ1v) is 7.73. The molecule has 20 heavy (non-hydrogen) atoms. The standard InChI is InChI=1S/C15H20BrNO3/c1-19-14-7-5-11(16)10-13(14)17-15(18)8-6-12-4-2-3-9-20-12/h5,7,10,12H,2-4,6,8-9H2,1H3,(H,17,18). The molecule has 1 saturated heterocycles. The lowest BCUT2D eigenvalue weighted by Gasteiger charge is -2.22. The van der Waals surface area contributed by atoms with Gasteiger partial charge in [0, 0.05) is 17.5 Å². The predicted octanol–water partition coefficient (Wildman–Crippen LogP) is 3.75. The molecule has 1 aromatic carbocycles. The zero-order chi connectivity index (χ0) is 14.4. The van der Waals surface area contributed by atoms with Crippen LogP contribution in [0.1, 0.15) is 32.1 Å². The van der Waals surface area contributed by atoms with E-state index in [0.717, 1.165) is 30.3 Å². The molecule has 2 rings (SSSR count). The molecule has 1 amide bonds. The fourth-order valence-electron chi connectivity index (χ4n) is 2.32. The van der Waals surface area contributed by atoms with Crippen LogP contribution in [0.2, 0.25) is 0 Å². The Hall–Kier alpha value is -1.07. The second-order valence-corrected chi connectivity index (χ2v) is 5.84. The molecule has 0 spiro atoms. The van der Waals surface area contributed by atoms with Gasteiger partial charge < -0.3 is 14.8 Å². The van der Waals surface area contributed by atoms with Gasteiger partial charge in [0.15, 0.2) is 0 Å². The van der Waals surface area contributed by atoms with Crippen LogP contribution >= 0.6 is 15.9 Å². The number of hydrogen-bond donors (Lipinski definition) is 1. The van der Waals surface area contributed by atoms with E-state index < -0.39 is 0 Å². The minimum absolute atomic E-state index is 0.00410. The first-order chi connectivity index (χ1) is 9.69. The summed E-state index contributed by atoms with van der Waals surface area (Å²) in [7, 11) is 1.59. The van der Waals surface area contributed by atoms with E-state index in [9.17, 15) is 4.79 Å². The van der Waals surface area contributed by atoms with Gasteiger partial charge in [-0.05, 0) is 43.9 Å². The van der Waals surface area contributed by atoms with Crippen LogP contribution in [0.5, 0.6) is 5.75 Å². The molecular weight excluding hydrogens is 322 g/mol. The van der Waals surface area contributed by atoms with E-state index in [1.165, 1.54) is 6.42 Å². The number of anilines is 1.